The van der Waals surface area contributed by atoms with Crippen LogP contribution < -0.4 is 5.32 Å². The lowest BCUT2D eigenvalue weighted by Crippen LogP contribution is -2.35. The van der Waals surface area contributed by atoms with Gasteiger partial charge in [0, 0.05) is 16.5 Å². The molecule has 0 heterocycles. The summed E-state index contributed by atoms with van der Waals surface area (Å²) in [5, 5.41) is 5.66. The van der Waals surface area contributed by atoms with E-state index in [2.05, 4.69) is 24.0 Å². The van der Waals surface area contributed by atoms with Crippen molar-refractivity contribution in [1.82, 2.24) is 5.32 Å². The molecule has 2 rings (SSSR count). The van der Waals surface area contributed by atoms with Crippen molar-refractivity contribution >= 4 is 11.8 Å². The number of hydrogen-bond acceptors (Lipinski definition) is 2. The Labute approximate surface area is 105 Å². The summed E-state index contributed by atoms with van der Waals surface area (Å²) >= 11 is 2.32. The van der Waals surface area contributed by atoms with Crippen molar-refractivity contribution in [2.75, 3.05) is 6.54 Å². The van der Waals surface area contributed by atoms with Gasteiger partial charge in [0.25, 0.3) is 0 Å². The molecule has 0 aliphatic heterocycles. The van der Waals surface area contributed by atoms with Crippen LogP contribution in [0, 0.1) is 0 Å². The third kappa shape index (κ3) is 3.66. The second-order valence-electron chi connectivity index (χ2n) is 5.43. The smallest absolute Gasteiger partial charge is 0.0203 e. The summed E-state index contributed by atoms with van der Waals surface area (Å²) in [6.07, 6.45) is 13.0. The predicted molar refractivity (Wildman–Crippen MR) is 74.2 cm³/mol. The standard InChI is InChI=1S/C14H27NS/c1-2-11-15-13-9-6-10-14(13)16-12-7-4-3-5-8-12/h12-15H,2-11H2,1H3. The average Bonchev–Trinajstić information content (AvgIpc) is 2.75. The molecule has 0 spiro atoms. The second-order valence-corrected chi connectivity index (χ2v) is 6.97. The summed E-state index contributed by atoms with van der Waals surface area (Å²) in [4.78, 5) is 0. The normalized spacial score (nSPS) is 32.1. The molecule has 2 aliphatic carbocycles. The molecule has 94 valence electrons. The van der Waals surface area contributed by atoms with Crippen LogP contribution in [0.25, 0.3) is 0 Å². The molecule has 0 amide bonds. The van der Waals surface area contributed by atoms with E-state index in [1.165, 1.54) is 64.3 Å². The molecule has 2 atom stereocenters. The van der Waals surface area contributed by atoms with Gasteiger partial charge in [-0.15, -0.1) is 0 Å². The van der Waals surface area contributed by atoms with Crippen molar-refractivity contribution in [1.29, 1.82) is 0 Å². The first-order valence-electron chi connectivity index (χ1n) is 7.29. The lowest BCUT2D eigenvalue weighted by molar-refractivity contribution is 0.505. The predicted octanol–water partition coefficient (Wildman–Crippen LogP) is 3.97. The summed E-state index contributed by atoms with van der Waals surface area (Å²) in [5.41, 5.74) is 0. The Hall–Kier alpha value is 0.310. The van der Waals surface area contributed by atoms with Gasteiger partial charge in [-0.3, -0.25) is 0 Å². The molecule has 2 fully saturated rings. The Kier molecular flexibility index (Phi) is 5.51. The molecule has 2 heteroatoms. The maximum absolute atomic E-state index is 3.75. The minimum absolute atomic E-state index is 0.826. The fourth-order valence-electron chi connectivity index (χ4n) is 3.10. The van der Waals surface area contributed by atoms with Crippen LogP contribution in [0.5, 0.6) is 0 Å². The zero-order valence-corrected chi connectivity index (χ0v) is 11.5. The third-order valence-corrected chi connectivity index (χ3v) is 5.80. The number of nitrogens with one attached hydrogen (secondary N) is 1. The fourth-order valence-corrected chi connectivity index (χ4v) is 4.93. The van der Waals surface area contributed by atoms with E-state index in [9.17, 15) is 0 Å². The van der Waals surface area contributed by atoms with Crippen molar-refractivity contribution in [2.45, 2.75) is 81.3 Å². The monoisotopic (exact) mass is 241 g/mol. The zero-order chi connectivity index (χ0) is 11.2. The highest BCUT2D eigenvalue weighted by Gasteiger charge is 2.29. The molecule has 2 unspecified atom stereocenters. The van der Waals surface area contributed by atoms with E-state index in [1.54, 1.807) is 0 Å². The Morgan fingerprint density at radius 3 is 2.56 bits per heavy atom. The SMILES string of the molecule is CCCNC1CCCC1SC1CCCCC1. The quantitative estimate of drug-likeness (QED) is 0.781. The highest BCUT2D eigenvalue weighted by molar-refractivity contribution is 8.00. The molecule has 0 aromatic carbocycles. The van der Waals surface area contributed by atoms with Crippen LogP contribution in [0.15, 0.2) is 0 Å². The average molecular weight is 241 g/mol. The van der Waals surface area contributed by atoms with Crippen molar-refractivity contribution in [2.24, 2.45) is 0 Å². The lowest BCUT2D eigenvalue weighted by Gasteiger charge is -2.27. The summed E-state index contributed by atoms with van der Waals surface area (Å²) in [5.74, 6) is 0. The number of hydrogen-bond donors (Lipinski definition) is 1. The maximum Gasteiger partial charge on any atom is 0.0203 e. The van der Waals surface area contributed by atoms with Gasteiger partial charge >= 0.3 is 0 Å². The molecule has 1 nitrogen and oxygen atoms in total. The van der Waals surface area contributed by atoms with Gasteiger partial charge < -0.3 is 5.32 Å². The molecule has 0 aromatic heterocycles. The van der Waals surface area contributed by atoms with Crippen molar-refractivity contribution < 1.29 is 0 Å². The van der Waals surface area contributed by atoms with E-state index in [4.69, 9.17) is 0 Å². The van der Waals surface area contributed by atoms with Gasteiger partial charge in [0.05, 0.1) is 0 Å². The molecule has 1 N–H and O–H groups in total. The van der Waals surface area contributed by atoms with Gasteiger partial charge in [0.2, 0.25) is 0 Å². The molecule has 16 heavy (non-hydrogen) atoms. The first-order chi connectivity index (χ1) is 7.90. The van der Waals surface area contributed by atoms with Crippen molar-refractivity contribution in [3.05, 3.63) is 0 Å². The summed E-state index contributed by atoms with van der Waals surface area (Å²) < 4.78 is 0. The number of rotatable bonds is 5. The topological polar surface area (TPSA) is 12.0 Å². The highest BCUT2D eigenvalue weighted by Crippen LogP contribution is 2.37. The van der Waals surface area contributed by atoms with Gasteiger partial charge in [-0.1, -0.05) is 32.6 Å². The molecule has 0 saturated heterocycles. The van der Waals surface area contributed by atoms with E-state index in [-0.39, 0.29) is 0 Å². The van der Waals surface area contributed by atoms with Gasteiger partial charge in [-0.05, 0) is 38.6 Å². The van der Waals surface area contributed by atoms with E-state index in [0.717, 1.165) is 16.5 Å². The number of thioether (sulfide) groups is 1. The Morgan fingerprint density at radius 2 is 1.81 bits per heavy atom. The van der Waals surface area contributed by atoms with Crippen LogP contribution in [0.2, 0.25) is 0 Å². The van der Waals surface area contributed by atoms with Crippen LogP contribution in [0.4, 0.5) is 0 Å². The van der Waals surface area contributed by atoms with E-state index in [1.807, 2.05) is 0 Å². The minimum atomic E-state index is 0.826. The van der Waals surface area contributed by atoms with Crippen LogP contribution in [-0.2, 0) is 0 Å². The summed E-state index contributed by atoms with van der Waals surface area (Å²) in [6.45, 7) is 3.48. The van der Waals surface area contributed by atoms with Crippen LogP contribution in [0.3, 0.4) is 0 Å². The van der Waals surface area contributed by atoms with E-state index in [0.29, 0.717) is 0 Å². The molecular formula is C14H27NS. The zero-order valence-electron chi connectivity index (χ0n) is 10.7. The van der Waals surface area contributed by atoms with Crippen LogP contribution in [0.1, 0.15) is 64.7 Å². The molecule has 0 aromatic rings. The highest BCUT2D eigenvalue weighted by atomic mass is 32.2. The Balaban J connectivity index is 1.73. The Morgan fingerprint density at radius 1 is 1.00 bits per heavy atom. The summed E-state index contributed by atoms with van der Waals surface area (Å²) in [7, 11) is 0. The maximum atomic E-state index is 3.75. The third-order valence-electron chi connectivity index (χ3n) is 4.03. The fraction of sp³-hybridized carbons (Fsp3) is 1.00. The molecule has 2 saturated carbocycles. The largest absolute Gasteiger partial charge is 0.313 e. The molecule has 2 aliphatic rings. The van der Waals surface area contributed by atoms with Crippen LogP contribution >= 0.6 is 11.8 Å². The molecule has 0 bridgehead atoms. The van der Waals surface area contributed by atoms with Gasteiger partial charge in [-0.25, -0.2) is 0 Å². The lowest BCUT2D eigenvalue weighted by atomic mass is 10.0. The van der Waals surface area contributed by atoms with Gasteiger partial charge in [0.1, 0.15) is 0 Å². The molecule has 0 radical (unpaired) electrons. The van der Waals surface area contributed by atoms with Gasteiger partial charge in [-0.2, -0.15) is 11.8 Å². The first kappa shape index (κ1) is 12.8. The second kappa shape index (κ2) is 6.90. The van der Waals surface area contributed by atoms with E-state index < -0.39 is 0 Å². The Bertz CT molecular complexity index is 189. The van der Waals surface area contributed by atoms with Crippen LogP contribution in [-0.4, -0.2) is 23.1 Å². The molecular weight excluding hydrogens is 214 g/mol. The minimum Gasteiger partial charge on any atom is -0.313 e. The van der Waals surface area contributed by atoms with Crippen molar-refractivity contribution in [3.63, 3.8) is 0 Å². The first-order valence-corrected chi connectivity index (χ1v) is 8.23. The summed E-state index contributed by atoms with van der Waals surface area (Å²) in [6, 6.07) is 0.826. The van der Waals surface area contributed by atoms with Gasteiger partial charge in [0.15, 0.2) is 0 Å². The van der Waals surface area contributed by atoms with E-state index >= 15 is 0 Å². The van der Waals surface area contributed by atoms with Crippen molar-refractivity contribution in [3.8, 4) is 0 Å².